The number of nitrogens with zero attached hydrogens (tertiary/aromatic N) is 1. The summed E-state index contributed by atoms with van der Waals surface area (Å²) in [6, 6.07) is -1.18. The molecule has 12 heteroatoms. The predicted octanol–water partition coefficient (Wildman–Crippen LogP) is 5.98. The van der Waals surface area contributed by atoms with Crippen molar-refractivity contribution in [2.24, 2.45) is 29.6 Å². The lowest BCUT2D eigenvalue weighted by Crippen LogP contribution is -2.57. The minimum Gasteiger partial charge on any atom is -0.480 e. The summed E-state index contributed by atoms with van der Waals surface area (Å²) in [5.41, 5.74) is 2.34. The summed E-state index contributed by atoms with van der Waals surface area (Å²) in [5.74, 6) is -7.57. The van der Waals surface area contributed by atoms with Crippen LogP contribution in [0.2, 0.25) is 0 Å². The average molecular weight is 790 g/mol. The first-order valence-corrected chi connectivity index (χ1v) is 20.3. The number of ether oxygens (including phenoxy) is 3. The third-order valence-electron chi connectivity index (χ3n) is 11.5. The molecular formula is C44H71NO11. The normalized spacial score (nSPS) is 24.6. The molecule has 10 atom stereocenters. The van der Waals surface area contributed by atoms with Gasteiger partial charge in [0.15, 0.2) is 5.78 Å². The summed E-state index contributed by atoms with van der Waals surface area (Å²) in [6.07, 6.45) is 15.4. The van der Waals surface area contributed by atoms with Crippen LogP contribution in [0.3, 0.4) is 0 Å². The number of amides is 1. The van der Waals surface area contributed by atoms with E-state index in [0.29, 0.717) is 38.0 Å². The molecular weight excluding hydrogens is 718 g/mol. The van der Waals surface area contributed by atoms with Crippen LogP contribution < -0.4 is 0 Å². The van der Waals surface area contributed by atoms with Crippen molar-refractivity contribution in [2.75, 3.05) is 27.9 Å². The minimum absolute atomic E-state index is 0.0306. The van der Waals surface area contributed by atoms with Crippen molar-refractivity contribution in [3.63, 3.8) is 0 Å². The second-order valence-electron chi connectivity index (χ2n) is 16.6. The van der Waals surface area contributed by atoms with Gasteiger partial charge in [-0.3, -0.25) is 14.4 Å². The van der Waals surface area contributed by atoms with Crippen molar-refractivity contribution in [1.82, 2.24) is 4.90 Å². The Kier molecular flexibility index (Phi) is 21.1. The number of Topliss-reactive ketones (excluding diaryl/α,β-unsaturated/α-hetero) is 1. The molecule has 2 aliphatic rings. The number of carboxylic acid groups (broad SMARTS) is 1. The Bertz CT molecular complexity index is 1390. The van der Waals surface area contributed by atoms with Crippen LogP contribution in [0.25, 0.3) is 0 Å². The number of methoxy groups -OCH3 is 3. The quantitative estimate of drug-likeness (QED) is 0.0391. The van der Waals surface area contributed by atoms with E-state index in [1.165, 1.54) is 19.6 Å². The second-order valence-corrected chi connectivity index (χ2v) is 16.6. The molecule has 4 N–H and O–H groups in total. The molecule has 12 nitrogen and oxygen atoms in total. The van der Waals surface area contributed by atoms with Gasteiger partial charge in [-0.25, -0.2) is 4.79 Å². The summed E-state index contributed by atoms with van der Waals surface area (Å²) in [4.78, 5) is 51.9. The number of carbonyl (C=O) groups is 4. The lowest BCUT2D eigenvalue weighted by Gasteiger charge is -2.35. The van der Waals surface area contributed by atoms with Gasteiger partial charge < -0.3 is 39.5 Å². The molecule has 0 unspecified atom stereocenters. The number of hydrogen-bond acceptors (Lipinski definition) is 10. The summed E-state index contributed by atoms with van der Waals surface area (Å²) in [6.45, 7) is 13.7. The summed E-state index contributed by atoms with van der Waals surface area (Å²) < 4.78 is 16.9. The molecule has 1 saturated carbocycles. The van der Waals surface area contributed by atoms with Gasteiger partial charge in [-0.1, -0.05) is 56.2 Å². The van der Waals surface area contributed by atoms with Crippen LogP contribution in [0, 0.1) is 29.6 Å². The van der Waals surface area contributed by atoms with Crippen LogP contribution in [0.5, 0.6) is 0 Å². The lowest BCUT2D eigenvalue weighted by atomic mass is 9.83. The van der Waals surface area contributed by atoms with Gasteiger partial charge in [0.2, 0.25) is 5.79 Å². The van der Waals surface area contributed by atoms with Gasteiger partial charge in [0.05, 0.1) is 24.4 Å². The number of hydrogen-bond donors (Lipinski definition) is 4. The highest BCUT2D eigenvalue weighted by Crippen LogP contribution is 2.31. The Morgan fingerprint density at radius 2 is 1.57 bits per heavy atom. The van der Waals surface area contributed by atoms with Crippen LogP contribution in [-0.4, -0.2) is 113 Å². The van der Waals surface area contributed by atoms with Gasteiger partial charge >= 0.3 is 5.97 Å². The Labute approximate surface area is 335 Å². The fourth-order valence-corrected chi connectivity index (χ4v) is 8.29. The molecule has 0 aromatic rings. The number of carboxylic acids is 1. The molecule has 318 valence electrons. The van der Waals surface area contributed by atoms with Crippen LogP contribution in [-0.2, 0) is 33.4 Å². The largest absolute Gasteiger partial charge is 0.480 e. The molecule has 0 bridgehead atoms. The molecule has 1 saturated heterocycles. The van der Waals surface area contributed by atoms with E-state index in [2.05, 4.69) is 33.4 Å². The molecule has 1 amide bonds. The van der Waals surface area contributed by atoms with E-state index in [0.717, 1.165) is 42.6 Å². The third kappa shape index (κ3) is 15.4. The van der Waals surface area contributed by atoms with E-state index < -0.39 is 47.6 Å². The molecule has 0 radical (unpaired) electrons. The fraction of sp³-hybridized carbons (Fsp3) is 0.727. The number of rotatable bonds is 24. The zero-order valence-corrected chi connectivity index (χ0v) is 35.2. The molecule has 1 aliphatic heterocycles. The van der Waals surface area contributed by atoms with Crippen LogP contribution in [0.1, 0.15) is 112 Å². The average Bonchev–Trinajstić information content (AvgIpc) is 3.15. The molecule has 1 heterocycles. The Balaban J connectivity index is 1.96. The molecule has 2 fully saturated rings. The lowest BCUT2D eigenvalue weighted by molar-refractivity contribution is -0.208. The van der Waals surface area contributed by atoms with Crippen molar-refractivity contribution in [2.45, 2.75) is 148 Å². The van der Waals surface area contributed by atoms with Crippen molar-refractivity contribution in [3.05, 3.63) is 48.1 Å². The van der Waals surface area contributed by atoms with Gasteiger partial charge in [-0.05, 0) is 115 Å². The number of aliphatic hydroxyl groups is 3. The second kappa shape index (κ2) is 24.0. The highest BCUT2D eigenvalue weighted by atomic mass is 16.5. The van der Waals surface area contributed by atoms with Gasteiger partial charge in [0.1, 0.15) is 6.04 Å². The maximum atomic E-state index is 13.3. The van der Waals surface area contributed by atoms with E-state index in [9.17, 15) is 39.6 Å². The summed E-state index contributed by atoms with van der Waals surface area (Å²) in [5, 5.41) is 41.3. The smallest absolute Gasteiger partial charge is 0.326 e. The number of likely N-dealkylation sites (tertiary alicyclic amines) is 1. The van der Waals surface area contributed by atoms with E-state index in [4.69, 9.17) is 14.2 Å². The molecule has 2 rings (SSSR count). The van der Waals surface area contributed by atoms with Crippen molar-refractivity contribution in [1.29, 1.82) is 0 Å². The Morgan fingerprint density at radius 1 is 0.911 bits per heavy atom. The number of aliphatic carboxylic acids is 1. The first-order valence-electron chi connectivity index (χ1n) is 20.3. The predicted molar refractivity (Wildman–Crippen MR) is 215 cm³/mol. The van der Waals surface area contributed by atoms with E-state index in [-0.39, 0.29) is 55.1 Å². The number of carbonyl (C=O) groups excluding carboxylic acids is 3. The van der Waals surface area contributed by atoms with Gasteiger partial charge in [0, 0.05) is 39.7 Å². The number of piperidine rings is 1. The van der Waals surface area contributed by atoms with Gasteiger partial charge in [-0.15, -0.1) is 6.58 Å². The van der Waals surface area contributed by atoms with Crippen LogP contribution >= 0.6 is 0 Å². The van der Waals surface area contributed by atoms with E-state index >= 15 is 0 Å². The van der Waals surface area contributed by atoms with Crippen LogP contribution in [0.15, 0.2) is 48.1 Å². The first-order chi connectivity index (χ1) is 26.4. The van der Waals surface area contributed by atoms with Crippen molar-refractivity contribution < 1.29 is 53.8 Å². The summed E-state index contributed by atoms with van der Waals surface area (Å²) in [7, 11) is 4.73. The maximum absolute atomic E-state index is 13.3. The zero-order chi connectivity index (χ0) is 42.2. The Hall–Kier alpha value is -3.00. The molecule has 0 spiro atoms. The minimum atomic E-state index is -3.01. The Morgan fingerprint density at radius 3 is 2.18 bits per heavy atom. The zero-order valence-electron chi connectivity index (χ0n) is 35.2. The number of ketones is 2. The topological polar surface area (TPSA) is 180 Å². The molecule has 1 aliphatic carbocycles. The first kappa shape index (κ1) is 49.1. The van der Waals surface area contributed by atoms with E-state index in [1.807, 2.05) is 19.1 Å². The number of allylic oxidation sites excluding steroid dienone is 7. The van der Waals surface area contributed by atoms with Gasteiger partial charge in [-0.2, -0.15) is 0 Å². The standard InChI is InChI=1S/C44H71NO11/c1-10-13-34(38(46)17-15-28(2)20-29(3)22-33-16-18-39(47)40(26-33)56-9)23-30(4)21-31(5)24-35(54-7)27-36(55-8)25-32(6)44(52,53)41(48)42(49)45-19-12-11-14-37(45)43(50)51/h10,15,17,22-23,28,31-37,39-40,47,52-53H,1,11-14,16,18-21,24-27H2,2-9H3,(H,50,51)/b17-15+,29-22+,30-23+/t28-,31+,32-,33+,34-,35+,36+,37+,39-,40-/m1/s1. The highest BCUT2D eigenvalue weighted by molar-refractivity contribution is 6.39. The fourth-order valence-electron chi connectivity index (χ4n) is 8.29. The SMILES string of the molecule is C=CC[C@H](/C=C(\C)C[C@H](C)C[C@@H](C[C@H](C[C@@H](C)C(O)(O)C(=O)C(=O)N1CCCC[C@H]1C(=O)O)OC)OC)C(=O)/C=C/[C@@H](C)C/C(C)=C/[C@@H]1CC[C@@H](O)[C@H](OC)C1. The van der Waals surface area contributed by atoms with Crippen LogP contribution in [0.4, 0.5) is 0 Å². The molecule has 0 aromatic carbocycles. The van der Waals surface area contributed by atoms with Crippen molar-refractivity contribution in [3.8, 4) is 0 Å². The molecule has 0 aromatic heterocycles. The van der Waals surface area contributed by atoms with Crippen molar-refractivity contribution >= 4 is 23.4 Å². The van der Waals surface area contributed by atoms with E-state index in [1.54, 1.807) is 26.4 Å². The number of aliphatic hydroxyl groups excluding tert-OH is 1. The monoisotopic (exact) mass is 790 g/mol. The third-order valence-corrected chi connectivity index (χ3v) is 11.5. The molecule has 56 heavy (non-hydrogen) atoms. The van der Waals surface area contributed by atoms with Gasteiger partial charge in [0.25, 0.3) is 11.7 Å². The summed E-state index contributed by atoms with van der Waals surface area (Å²) >= 11 is 0. The highest BCUT2D eigenvalue weighted by Gasteiger charge is 2.47. The maximum Gasteiger partial charge on any atom is 0.326 e.